The molecule has 6 atom stereocenters. The number of rotatable bonds is 5. The van der Waals surface area contributed by atoms with E-state index in [-0.39, 0.29) is 23.2 Å². The van der Waals surface area contributed by atoms with Gasteiger partial charge in [-0.2, -0.15) is 0 Å². The summed E-state index contributed by atoms with van der Waals surface area (Å²) in [6, 6.07) is -4.50. The van der Waals surface area contributed by atoms with Crippen LogP contribution >= 0.6 is 0 Å². The van der Waals surface area contributed by atoms with Gasteiger partial charge in [-0.25, -0.2) is 9.59 Å². The molecule has 46 heavy (non-hydrogen) atoms. The van der Waals surface area contributed by atoms with Crippen LogP contribution in [0.15, 0.2) is 0 Å². The van der Waals surface area contributed by atoms with Gasteiger partial charge in [0.1, 0.15) is 23.7 Å². The molecule has 2 saturated heterocycles. The van der Waals surface area contributed by atoms with Crippen LogP contribution in [0, 0.1) is 22.7 Å². The molecule has 0 unspecified atom stereocenters. The molecule has 3 fully saturated rings. The molecular weight excluding hydrogens is 590 g/mol. The molecule has 0 radical (unpaired) electrons. The number of urea groups is 1. The summed E-state index contributed by atoms with van der Waals surface area (Å²) in [4.78, 5) is 80.7. The van der Waals surface area contributed by atoms with Crippen LogP contribution < -0.4 is 21.7 Å². The van der Waals surface area contributed by atoms with Crippen LogP contribution in [0.3, 0.4) is 0 Å². The molecule has 12 heteroatoms. The van der Waals surface area contributed by atoms with Gasteiger partial charge in [0.05, 0.1) is 6.04 Å². The summed E-state index contributed by atoms with van der Waals surface area (Å²) >= 11 is 0. The van der Waals surface area contributed by atoms with E-state index in [1.807, 2.05) is 20.8 Å². The van der Waals surface area contributed by atoms with Gasteiger partial charge in [-0.05, 0) is 56.3 Å². The van der Waals surface area contributed by atoms with E-state index >= 15 is 0 Å². The fraction of sp³-hybridized carbons (Fsp3) is 0.824. The smallest absolute Gasteiger partial charge is 0.329 e. The second-order valence-electron chi connectivity index (χ2n) is 16.1. The van der Waals surface area contributed by atoms with Gasteiger partial charge in [0, 0.05) is 6.54 Å². The number of nitrogens with one attached hydrogen (secondary N) is 3. The summed E-state index contributed by atoms with van der Waals surface area (Å²) < 4.78 is 5.57. The molecule has 0 aromatic heterocycles. The summed E-state index contributed by atoms with van der Waals surface area (Å²) in [5, 5.41) is 8.35. The first kappa shape index (κ1) is 37.3. The second-order valence-corrected chi connectivity index (χ2v) is 16.1. The van der Waals surface area contributed by atoms with Crippen molar-refractivity contribution in [1.82, 2.24) is 20.9 Å². The van der Waals surface area contributed by atoms with Gasteiger partial charge in [-0.3, -0.25) is 19.2 Å². The molecule has 0 bridgehead atoms. The number of Topliss-reactive ketones (excluding diaryl/α,β-unsaturated/α-hetero) is 1. The van der Waals surface area contributed by atoms with E-state index in [0.29, 0.717) is 32.2 Å². The van der Waals surface area contributed by atoms with Crippen molar-refractivity contribution in [1.29, 1.82) is 0 Å². The summed E-state index contributed by atoms with van der Waals surface area (Å²) in [5.41, 5.74) is 3.72. The lowest BCUT2D eigenvalue weighted by molar-refractivity contribution is -0.160. The standard InChI is InChI=1S/C34H57N5O7/c1-32(2,3)26(30(44)46-33(4,5)6)38-31(45)37-22-18-16-14-12-10-9-11-13-15-17-21(25(40)27(35)41)36-28(42)24-23-20(34(23,7)8)19-39(24)29(22)43/h20-24,26H,9-19H2,1-8H3,(H2,35,41)(H,36,42)(H2,37,38,45)/t20-,21+,22+,23-,24+,26-/m1/s1. The third-order valence-electron chi connectivity index (χ3n) is 9.76. The summed E-state index contributed by atoms with van der Waals surface area (Å²) in [7, 11) is 0. The quantitative estimate of drug-likeness (QED) is 0.261. The highest BCUT2D eigenvalue weighted by Gasteiger charge is 2.69. The van der Waals surface area contributed by atoms with Gasteiger partial charge in [-0.15, -0.1) is 0 Å². The van der Waals surface area contributed by atoms with E-state index in [2.05, 4.69) is 29.8 Å². The molecule has 12 nitrogen and oxygen atoms in total. The molecule has 1 aliphatic carbocycles. The monoisotopic (exact) mass is 647 g/mol. The summed E-state index contributed by atoms with van der Waals surface area (Å²) in [6.45, 7) is 15.2. The Labute approximate surface area is 274 Å². The minimum absolute atomic E-state index is 0.0787. The Morgan fingerprint density at radius 1 is 0.913 bits per heavy atom. The minimum atomic E-state index is -1.10. The van der Waals surface area contributed by atoms with E-state index in [0.717, 1.165) is 38.5 Å². The lowest BCUT2D eigenvalue weighted by atomic mass is 9.86. The van der Waals surface area contributed by atoms with Crippen molar-refractivity contribution >= 4 is 35.5 Å². The van der Waals surface area contributed by atoms with Gasteiger partial charge in [-0.1, -0.05) is 86.0 Å². The van der Waals surface area contributed by atoms with Crippen molar-refractivity contribution in [2.24, 2.45) is 28.4 Å². The second kappa shape index (κ2) is 14.7. The Morgan fingerprint density at radius 3 is 1.98 bits per heavy atom. The molecular formula is C34H57N5O7. The van der Waals surface area contributed by atoms with Gasteiger partial charge in [0.2, 0.25) is 17.6 Å². The maximum Gasteiger partial charge on any atom is 0.329 e. The number of ketones is 1. The van der Waals surface area contributed by atoms with Crippen molar-refractivity contribution in [3.63, 3.8) is 0 Å². The highest BCUT2D eigenvalue weighted by Crippen LogP contribution is 2.65. The highest BCUT2D eigenvalue weighted by atomic mass is 16.6. The molecule has 2 aliphatic heterocycles. The third-order valence-corrected chi connectivity index (χ3v) is 9.76. The predicted molar refractivity (Wildman–Crippen MR) is 173 cm³/mol. The number of hydrogen-bond donors (Lipinski definition) is 4. The Morgan fingerprint density at radius 2 is 1.46 bits per heavy atom. The van der Waals surface area contributed by atoms with Crippen molar-refractivity contribution in [2.75, 3.05) is 6.54 Å². The first-order valence-electron chi connectivity index (χ1n) is 17.0. The van der Waals surface area contributed by atoms with Crippen LogP contribution in [0.1, 0.15) is 120 Å². The molecule has 3 aliphatic rings. The Bertz CT molecular complexity index is 1170. The molecule has 1 saturated carbocycles. The number of amides is 5. The van der Waals surface area contributed by atoms with Crippen LogP contribution in [0.2, 0.25) is 0 Å². The number of fused-ring (bicyclic) bond motifs is 3. The molecule has 5 amide bonds. The van der Waals surface area contributed by atoms with Gasteiger partial charge >= 0.3 is 12.0 Å². The number of primary amides is 1. The van der Waals surface area contributed by atoms with Crippen LogP contribution in [0.25, 0.3) is 0 Å². The van der Waals surface area contributed by atoms with E-state index in [1.165, 1.54) is 4.90 Å². The lowest BCUT2D eigenvalue weighted by Crippen LogP contribution is -2.60. The first-order chi connectivity index (χ1) is 21.3. The molecule has 3 rings (SSSR count). The van der Waals surface area contributed by atoms with Gasteiger partial charge in [0.15, 0.2) is 0 Å². The number of carbonyl (C=O) groups excluding carboxylic acids is 6. The normalized spacial score (nSPS) is 28.4. The van der Waals surface area contributed by atoms with E-state index in [1.54, 1.807) is 20.8 Å². The number of esters is 1. The molecule has 260 valence electrons. The zero-order valence-corrected chi connectivity index (χ0v) is 29.1. The van der Waals surface area contributed by atoms with Crippen LogP contribution in [0.5, 0.6) is 0 Å². The average Bonchev–Trinajstić information content (AvgIpc) is 3.25. The van der Waals surface area contributed by atoms with Crippen LogP contribution in [-0.4, -0.2) is 76.7 Å². The topological polar surface area (TPSA) is 177 Å². The highest BCUT2D eigenvalue weighted by molar-refractivity contribution is 6.37. The number of nitrogens with zero attached hydrogens (tertiary/aromatic N) is 1. The Hall–Kier alpha value is -3.18. The van der Waals surface area contributed by atoms with Gasteiger partial charge < -0.3 is 31.3 Å². The SMILES string of the molecule is CC(C)(C)OC(=O)[C@@H](NC(=O)N[C@H]1CCCCCCCCCC[C@@H](C(=O)C(N)=O)NC(=O)[C@@H]2[C@H]3[C@@H](CN2C1=O)C3(C)C)C(C)(C)C. The Balaban J connectivity index is 1.87. The fourth-order valence-electron chi connectivity index (χ4n) is 7.05. The van der Waals surface area contributed by atoms with E-state index in [4.69, 9.17) is 10.5 Å². The van der Waals surface area contributed by atoms with E-state index < -0.39 is 64.8 Å². The number of carbonyl (C=O) groups is 6. The molecule has 0 aromatic rings. The maximum absolute atomic E-state index is 14.2. The zero-order chi connectivity index (χ0) is 34.6. The Kier molecular flexibility index (Phi) is 11.9. The van der Waals surface area contributed by atoms with Crippen molar-refractivity contribution < 1.29 is 33.5 Å². The van der Waals surface area contributed by atoms with Crippen LogP contribution in [0.4, 0.5) is 4.79 Å². The summed E-state index contributed by atoms with van der Waals surface area (Å²) in [6.07, 6.45) is 7.74. The molecule has 2 heterocycles. The average molecular weight is 648 g/mol. The van der Waals surface area contributed by atoms with Crippen LogP contribution in [-0.2, 0) is 28.7 Å². The number of ether oxygens (including phenoxy) is 1. The molecule has 0 aromatic carbocycles. The van der Waals surface area contributed by atoms with Gasteiger partial charge in [0.25, 0.3) is 5.91 Å². The fourth-order valence-corrected chi connectivity index (χ4v) is 7.05. The number of hydrogen-bond acceptors (Lipinski definition) is 7. The summed E-state index contributed by atoms with van der Waals surface area (Å²) in [5.74, 6) is -3.45. The minimum Gasteiger partial charge on any atom is -0.458 e. The lowest BCUT2D eigenvalue weighted by Gasteiger charge is -2.35. The van der Waals surface area contributed by atoms with Crippen molar-refractivity contribution in [3.8, 4) is 0 Å². The number of piperidine rings is 1. The first-order valence-corrected chi connectivity index (χ1v) is 17.0. The number of nitrogens with two attached hydrogens (primary N) is 1. The molecule has 0 spiro atoms. The van der Waals surface area contributed by atoms with Crippen molar-refractivity contribution in [2.45, 2.75) is 149 Å². The molecule has 5 N–H and O–H groups in total. The maximum atomic E-state index is 14.2. The predicted octanol–water partition coefficient (Wildman–Crippen LogP) is 3.35. The zero-order valence-electron chi connectivity index (χ0n) is 29.1. The third kappa shape index (κ3) is 9.44. The largest absolute Gasteiger partial charge is 0.458 e. The van der Waals surface area contributed by atoms with Crippen molar-refractivity contribution in [3.05, 3.63) is 0 Å². The van der Waals surface area contributed by atoms with E-state index in [9.17, 15) is 28.8 Å².